The molecule has 0 atom stereocenters. The Morgan fingerprint density at radius 3 is 2.34 bits per heavy atom. The van der Waals surface area contributed by atoms with Gasteiger partial charge in [-0.05, 0) is 36.1 Å². The van der Waals surface area contributed by atoms with Gasteiger partial charge >= 0.3 is 0 Å². The van der Waals surface area contributed by atoms with E-state index in [1.54, 1.807) is 25.5 Å². The van der Waals surface area contributed by atoms with E-state index >= 15 is 0 Å². The van der Waals surface area contributed by atoms with Gasteiger partial charge in [0.15, 0.2) is 0 Å². The first-order valence-corrected chi connectivity index (χ1v) is 12.5. The van der Waals surface area contributed by atoms with Gasteiger partial charge in [0.1, 0.15) is 11.4 Å². The van der Waals surface area contributed by atoms with Crippen molar-refractivity contribution in [3.05, 3.63) is 108 Å². The maximum absolute atomic E-state index is 11.8. The molecule has 7 rings (SSSR count). The second kappa shape index (κ2) is 8.55. The third kappa shape index (κ3) is 3.53. The summed E-state index contributed by atoms with van der Waals surface area (Å²) in [5, 5.41) is 8.70. The zero-order valence-electron chi connectivity index (χ0n) is 20.7. The number of carbonyl (C=O) groups is 1. The fourth-order valence-corrected chi connectivity index (χ4v) is 5.17. The molecule has 0 spiro atoms. The van der Waals surface area contributed by atoms with Crippen LogP contribution in [0.15, 0.2) is 91.5 Å². The van der Waals surface area contributed by atoms with Crippen molar-refractivity contribution >= 4 is 22.6 Å². The van der Waals surface area contributed by atoms with Crippen molar-refractivity contribution < 1.29 is 4.79 Å². The molecule has 1 amide bonds. The number of aromatic nitrogens is 6. The summed E-state index contributed by atoms with van der Waals surface area (Å²) in [6.45, 7) is 0. The van der Waals surface area contributed by atoms with E-state index in [4.69, 9.17) is 10.1 Å². The maximum atomic E-state index is 11.8. The monoisotopic (exact) mass is 497 g/mol. The van der Waals surface area contributed by atoms with Gasteiger partial charge < -0.3 is 5.32 Å². The minimum atomic E-state index is -0.204. The van der Waals surface area contributed by atoms with Crippen LogP contribution < -0.4 is 5.32 Å². The molecule has 0 bridgehead atoms. The van der Waals surface area contributed by atoms with Crippen LogP contribution in [0, 0.1) is 0 Å². The molecule has 4 heterocycles. The Kier molecular flexibility index (Phi) is 5.00. The topological polar surface area (TPSA) is 98.0 Å². The van der Waals surface area contributed by atoms with Gasteiger partial charge in [-0.3, -0.25) is 14.8 Å². The summed E-state index contributed by atoms with van der Waals surface area (Å²) < 4.78 is 1.89. The number of rotatable bonds is 5. The molecule has 1 fully saturated rings. The van der Waals surface area contributed by atoms with Crippen molar-refractivity contribution in [2.45, 2.75) is 18.3 Å². The van der Waals surface area contributed by atoms with E-state index in [0.717, 1.165) is 51.8 Å². The lowest BCUT2D eigenvalue weighted by Gasteiger charge is -2.17. The third-order valence-electron chi connectivity index (χ3n) is 7.36. The van der Waals surface area contributed by atoms with E-state index in [-0.39, 0.29) is 11.3 Å². The molecule has 0 unspecified atom stereocenters. The molecule has 184 valence electrons. The van der Waals surface area contributed by atoms with Gasteiger partial charge in [-0.25, -0.2) is 9.97 Å². The van der Waals surface area contributed by atoms with Gasteiger partial charge in [0.25, 0.3) is 11.7 Å². The molecule has 1 saturated carbocycles. The number of amides is 1. The lowest BCUT2D eigenvalue weighted by molar-refractivity contribution is 0.0958. The van der Waals surface area contributed by atoms with Crippen LogP contribution in [0.1, 0.15) is 34.6 Å². The molecule has 0 radical (unpaired) electrons. The number of hydrogen-bond donors (Lipinski definition) is 1. The molecule has 1 aliphatic rings. The lowest BCUT2D eigenvalue weighted by atomic mass is 9.90. The highest BCUT2D eigenvalue weighted by Gasteiger charge is 2.49. The number of imidazole rings is 1. The molecule has 2 aromatic carbocycles. The first-order chi connectivity index (χ1) is 18.7. The van der Waals surface area contributed by atoms with E-state index in [1.807, 2.05) is 53.3 Å². The van der Waals surface area contributed by atoms with E-state index in [0.29, 0.717) is 11.5 Å². The molecule has 1 aliphatic carbocycles. The number of hydrogen-bond acceptors (Lipinski definition) is 6. The minimum Gasteiger partial charge on any atom is -0.354 e. The number of nitrogens with zero attached hydrogens (tertiary/aromatic N) is 6. The Hall–Kier alpha value is -4.98. The van der Waals surface area contributed by atoms with Crippen LogP contribution in [-0.2, 0) is 5.41 Å². The highest BCUT2D eigenvalue weighted by molar-refractivity contribution is 5.92. The SMILES string of the molecule is CNC(=O)c1ccc(-c2ccc(-c3cnc4ncc(C5(c6cccc7cccnc67)CC5)n4n3)cc2)cn1. The van der Waals surface area contributed by atoms with E-state index in [9.17, 15) is 4.79 Å². The minimum absolute atomic E-state index is 0.168. The van der Waals surface area contributed by atoms with Crippen LogP contribution in [0.4, 0.5) is 0 Å². The predicted octanol–water partition coefficient (Wildman–Crippen LogP) is 4.84. The fourth-order valence-electron chi connectivity index (χ4n) is 5.17. The van der Waals surface area contributed by atoms with Crippen molar-refractivity contribution in [3.8, 4) is 22.4 Å². The summed E-state index contributed by atoms with van der Waals surface area (Å²) in [6.07, 6.45) is 9.27. The number of para-hydroxylation sites is 1. The van der Waals surface area contributed by atoms with Crippen molar-refractivity contribution in [1.82, 2.24) is 34.9 Å². The van der Waals surface area contributed by atoms with Crippen LogP contribution in [0.2, 0.25) is 0 Å². The zero-order valence-corrected chi connectivity index (χ0v) is 20.7. The molecular formula is C30H23N7O. The summed E-state index contributed by atoms with van der Waals surface area (Å²) in [4.78, 5) is 29.9. The van der Waals surface area contributed by atoms with Gasteiger partial charge in [-0.1, -0.05) is 54.6 Å². The Bertz CT molecular complexity index is 1820. The molecule has 0 saturated heterocycles. The average molecular weight is 498 g/mol. The first-order valence-electron chi connectivity index (χ1n) is 12.5. The predicted molar refractivity (Wildman–Crippen MR) is 145 cm³/mol. The average Bonchev–Trinajstić information content (AvgIpc) is 3.68. The molecular weight excluding hydrogens is 474 g/mol. The summed E-state index contributed by atoms with van der Waals surface area (Å²) in [6, 6.07) is 22.2. The molecule has 4 aromatic heterocycles. The number of pyridine rings is 2. The van der Waals surface area contributed by atoms with Crippen LogP contribution in [0.5, 0.6) is 0 Å². The molecule has 38 heavy (non-hydrogen) atoms. The quantitative estimate of drug-likeness (QED) is 0.366. The third-order valence-corrected chi connectivity index (χ3v) is 7.36. The maximum Gasteiger partial charge on any atom is 0.269 e. The summed E-state index contributed by atoms with van der Waals surface area (Å²) in [5.41, 5.74) is 7.16. The largest absolute Gasteiger partial charge is 0.354 e. The van der Waals surface area contributed by atoms with Crippen molar-refractivity contribution in [1.29, 1.82) is 0 Å². The fraction of sp³-hybridized carbons (Fsp3) is 0.133. The van der Waals surface area contributed by atoms with E-state index < -0.39 is 0 Å². The van der Waals surface area contributed by atoms with Crippen LogP contribution in [0.3, 0.4) is 0 Å². The summed E-state index contributed by atoms with van der Waals surface area (Å²) >= 11 is 0. The lowest BCUT2D eigenvalue weighted by Crippen LogP contribution is -2.18. The van der Waals surface area contributed by atoms with Crippen molar-refractivity contribution in [2.24, 2.45) is 0 Å². The van der Waals surface area contributed by atoms with E-state index in [1.165, 1.54) is 5.56 Å². The molecule has 6 aromatic rings. The second-order valence-electron chi connectivity index (χ2n) is 9.55. The number of carbonyl (C=O) groups excluding carboxylic acids is 1. The Morgan fingerprint density at radius 2 is 1.58 bits per heavy atom. The van der Waals surface area contributed by atoms with Crippen LogP contribution in [-0.4, -0.2) is 42.5 Å². The Morgan fingerprint density at radius 1 is 0.816 bits per heavy atom. The second-order valence-corrected chi connectivity index (χ2v) is 9.55. The van der Waals surface area contributed by atoms with Crippen molar-refractivity contribution in [3.63, 3.8) is 0 Å². The highest BCUT2D eigenvalue weighted by Crippen LogP contribution is 2.54. The van der Waals surface area contributed by atoms with Crippen molar-refractivity contribution in [2.75, 3.05) is 7.05 Å². The zero-order chi connectivity index (χ0) is 25.7. The van der Waals surface area contributed by atoms with Gasteiger partial charge in [0.05, 0.1) is 23.6 Å². The molecule has 0 aliphatic heterocycles. The summed E-state index contributed by atoms with van der Waals surface area (Å²) in [7, 11) is 1.59. The first kappa shape index (κ1) is 22.2. The van der Waals surface area contributed by atoms with E-state index in [2.05, 4.69) is 44.5 Å². The van der Waals surface area contributed by atoms with Gasteiger partial charge in [-0.2, -0.15) is 9.61 Å². The number of benzene rings is 2. The van der Waals surface area contributed by atoms with Gasteiger partial charge in [-0.15, -0.1) is 0 Å². The number of fused-ring (bicyclic) bond motifs is 2. The van der Waals surface area contributed by atoms with Crippen LogP contribution in [0.25, 0.3) is 39.1 Å². The van der Waals surface area contributed by atoms with Crippen LogP contribution >= 0.6 is 0 Å². The standard InChI is InChI=1S/C30H23N7O/c1-31-28(38)24-12-11-22(16-33-24)19-7-9-20(10-8-19)25-17-34-29-35-18-26(37(29)36-25)30(13-14-30)23-6-2-4-21-5-3-15-32-27(21)23/h2-12,15-18H,13-14H2,1H3,(H,31,38). The van der Waals surface area contributed by atoms with Gasteiger partial charge in [0, 0.05) is 41.4 Å². The Labute approximate surface area is 218 Å². The normalized spacial score (nSPS) is 14.0. The molecule has 1 N–H and O–H groups in total. The summed E-state index contributed by atoms with van der Waals surface area (Å²) in [5.74, 6) is 0.381. The molecule has 8 nitrogen and oxygen atoms in total. The smallest absolute Gasteiger partial charge is 0.269 e. The molecule has 8 heteroatoms. The Balaban J connectivity index is 1.24. The van der Waals surface area contributed by atoms with Gasteiger partial charge in [0.2, 0.25) is 0 Å². The number of nitrogens with one attached hydrogen (secondary N) is 1. The highest BCUT2D eigenvalue weighted by atomic mass is 16.1.